The molecule has 0 saturated heterocycles. The fourth-order valence-electron chi connectivity index (χ4n) is 4.04. The summed E-state index contributed by atoms with van der Waals surface area (Å²) < 4.78 is 5.41. The van der Waals surface area contributed by atoms with Crippen molar-refractivity contribution in [3.05, 3.63) is 63.6 Å². The van der Waals surface area contributed by atoms with Crippen LogP contribution in [0.25, 0.3) is 5.57 Å². The fraction of sp³-hybridized carbons (Fsp3) is 0.333. The van der Waals surface area contributed by atoms with Crippen LogP contribution >= 0.6 is 23.2 Å². The van der Waals surface area contributed by atoms with Gasteiger partial charge in [-0.05, 0) is 76.1 Å². The summed E-state index contributed by atoms with van der Waals surface area (Å²) in [6, 6.07) is 11.4. The number of benzene rings is 2. The van der Waals surface area contributed by atoms with E-state index in [4.69, 9.17) is 27.9 Å². The molecule has 1 amide bonds. The molecule has 3 rings (SSSR count). The Morgan fingerprint density at radius 3 is 2.65 bits per heavy atom. The van der Waals surface area contributed by atoms with E-state index in [2.05, 4.69) is 68.3 Å². The molecular formula is C24H27Cl2N3O2. The number of carbonyl (C=O) groups is 1. The molecule has 0 unspecified atom stereocenters. The first-order chi connectivity index (χ1) is 14.6. The van der Waals surface area contributed by atoms with Crippen LogP contribution in [0.4, 0.5) is 5.69 Å². The van der Waals surface area contributed by atoms with Crippen molar-refractivity contribution in [3.63, 3.8) is 0 Å². The molecule has 7 heteroatoms. The van der Waals surface area contributed by atoms with Gasteiger partial charge >= 0.3 is 0 Å². The molecular weight excluding hydrogens is 433 g/mol. The molecule has 0 aliphatic carbocycles. The summed E-state index contributed by atoms with van der Waals surface area (Å²) in [7, 11) is 0. The van der Waals surface area contributed by atoms with Crippen molar-refractivity contribution in [1.82, 2.24) is 5.43 Å². The van der Waals surface area contributed by atoms with Crippen molar-refractivity contribution in [2.45, 2.75) is 46.2 Å². The summed E-state index contributed by atoms with van der Waals surface area (Å²) in [5, 5.41) is 4.90. The summed E-state index contributed by atoms with van der Waals surface area (Å²) in [6.45, 7) is 10.8. The van der Waals surface area contributed by atoms with Crippen LogP contribution in [0.5, 0.6) is 5.75 Å². The number of amides is 1. The Morgan fingerprint density at radius 2 is 1.97 bits per heavy atom. The quantitative estimate of drug-likeness (QED) is 0.429. The van der Waals surface area contributed by atoms with Gasteiger partial charge in [0.1, 0.15) is 5.75 Å². The normalized spacial score (nSPS) is 15.1. The number of hydrogen-bond donors (Lipinski definition) is 1. The molecule has 1 heterocycles. The van der Waals surface area contributed by atoms with Crippen molar-refractivity contribution < 1.29 is 9.53 Å². The third-order valence-electron chi connectivity index (χ3n) is 5.07. The second-order valence-corrected chi connectivity index (χ2v) is 9.22. The fourth-order valence-corrected chi connectivity index (χ4v) is 4.50. The number of ether oxygens (including phenoxy) is 1. The molecule has 0 radical (unpaired) electrons. The molecule has 0 aromatic heterocycles. The molecule has 2 aromatic rings. The average molecular weight is 460 g/mol. The van der Waals surface area contributed by atoms with Crippen molar-refractivity contribution in [3.8, 4) is 5.75 Å². The van der Waals surface area contributed by atoms with Crippen LogP contribution in [-0.4, -0.2) is 30.3 Å². The first-order valence-corrected chi connectivity index (χ1v) is 10.9. The predicted molar refractivity (Wildman–Crippen MR) is 129 cm³/mol. The zero-order chi connectivity index (χ0) is 22.8. The van der Waals surface area contributed by atoms with Gasteiger partial charge in [0.2, 0.25) is 0 Å². The van der Waals surface area contributed by atoms with E-state index in [1.807, 2.05) is 6.07 Å². The van der Waals surface area contributed by atoms with Crippen LogP contribution in [0.1, 0.15) is 45.7 Å². The third-order valence-corrected chi connectivity index (χ3v) is 5.60. The number of hydrogen-bond acceptors (Lipinski definition) is 4. The van der Waals surface area contributed by atoms with Crippen molar-refractivity contribution in [2.75, 3.05) is 11.5 Å². The van der Waals surface area contributed by atoms with Crippen LogP contribution in [0.2, 0.25) is 10.0 Å². The van der Waals surface area contributed by atoms with Crippen molar-refractivity contribution in [2.24, 2.45) is 5.10 Å². The maximum absolute atomic E-state index is 12.0. The van der Waals surface area contributed by atoms with Crippen LogP contribution in [0.15, 0.2) is 47.6 Å². The topological polar surface area (TPSA) is 53.9 Å². The monoisotopic (exact) mass is 459 g/mol. The largest absolute Gasteiger partial charge is 0.482 e. The molecule has 0 atom stereocenters. The number of halogens is 2. The summed E-state index contributed by atoms with van der Waals surface area (Å²) >= 11 is 11.9. The Hall–Kier alpha value is -2.50. The van der Waals surface area contributed by atoms with Gasteiger partial charge in [0, 0.05) is 22.3 Å². The van der Waals surface area contributed by atoms with Gasteiger partial charge in [0.15, 0.2) is 6.61 Å². The van der Waals surface area contributed by atoms with E-state index in [0.29, 0.717) is 21.8 Å². The number of carbonyl (C=O) groups excluding carboxylic acids is 1. The van der Waals surface area contributed by atoms with Gasteiger partial charge in [-0.3, -0.25) is 4.79 Å². The molecule has 0 saturated carbocycles. The highest BCUT2D eigenvalue weighted by molar-refractivity contribution is 6.35. The van der Waals surface area contributed by atoms with Crippen LogP contribution in [0, 0.1) is 0 Å². The van der Waals surface area contributed by atoms with Gasteiger partial charge in [-0.2, -0.15) is 5.10 Å². The number of nitrogens with one attached hydrogen (secondary N) is 1. The van der Waals surface area contributed by atoms with Gasteiger partial charge in [0.05, 0.1) is 16.8 Å². The number of fused-ring (bicyclic) bond motifs is 1. The molecule has 0 bridgehead atoms. The molecule has 1 aliphatic heterocycles. The van der Waals surface area contributed by atoms with Gasteiger partial charge in [-0.1, -0.05) is 35.3 Å². The van der Waals surface area contributed by atoms with Crippen molar-refractivity contribution in [1.29, 1.82) is 0 Å². The maximum Gasteiger partial charge on any atom is 0.277 e. The average Bonchev–Trinajstić information content (AvgIpc) is 2.66. The number of allylic oxidation sites excluding steroid dienone is 1. The van der Waals surface area contributed by atoms with E-state index in [9.17, 15) is 4.79 Å². The Balaban J connectivity index is 1.65. The smallest absolute Gasteiger partial charge is 0.277 e. The van der Waals surface area contributed by atoms with Gasteiger partial charge < -0.3 is 9.64 Å². The molecule has 5 nitrogen and oxygen atoms in total. The van der Waals surface area contributed by atoms with Gasteiger partial charge in [-0.15, -0.1) is 0 Å². The summed E-state index contributed by atoms with van der Waals surface area (Å²) in [6.07, 6.45) is 3.91. The number of rotatable bonds is 6. The first-order valence-electron chi connectivity index (χ1n) is 10.1. The lowest BCUT2D eigenvalue weighted by molar-refractivity contribution is -0.123. The Bertz CT molecular complexity index is 1050. The van der Waals surface area contributed by atoms with Crippen LogP contribution < -0.4 is 15.1 Å². The highest BCUT2D eigenvalue weighted by Crippen LogP contribution is 2.40. The van der Waals surface area contributed by atoms with E-state index in [1.54, 1.807) is 24.4 Å². The lowest BCUT2D eigenvalue weighted by atomic mass is 9.87. The minimum atomic E-state index is -0.385. The first kappa shape index (κ1) is 23.2. The highest BCUT2D eigenvalue weighted by atomic mass is 35.5. The summed E-state index contributed by atoms with van der Waals surface area (Å²) in [4.78, 5) is 14.4. The van der Waals surface area contributed by atoms with E-state index >= 15 is 0 Å². The summed E-state index contributed by atoms with van der Waals surface area (Å²) in [5.74, 6) is 0.00353. The second kappa shape index (κ2) is 9.33. The van der Waals surface area contributed by atoms with Crippen LogP contribution in [0.3, 0.4) is 0 Å². The van der Waals surface area contributed by atoms with Gasteiger partial charge in [-0.25, -0.2) is 5.43 Å². The third kappa shape index (κ3) is 5.41. The Morgan fingerprint density at radius 1 is 1.23 bits per heavy atom. The minimum absolute atomic E-state index is 0.0538. The van der Waals surface area contributed by atoms with Crippen LogP contribution in [-0.2, 0) is 4.79 Å². The van der Waals surface area contributed by atoms with E-state index < -0.39 is 0 Å². The minimum Gasteiger partial charge on any atom is -0.482 e. The number of hydrazone groups is 1. The number of nitrogens with zero attached hydrogens (tertiary/aromatic N) is 2. The lowest BCUT2D eigenvalue weighted by Gasteiger charge is -2.46. The Labute approximate surface area is 193 Å². The molecule has 0 spiro atoms. The lowest BCUT2D eigenvalue weighted by Crippen LogP contribution is -2.49. The molecule has 0 fully saturated rings. The molecule has 2 aromatic carbocycles. The molecule has 1 aliphatic rings. The highest BCUT2D eigenvalue weighted by Gasteiger charge is 2.32. The zero-order valence-electron chi connectivity index (χ0n) is 18.4. The zero-order valence-corrected chi connectivity index (χ0v) is 19.9. The van der Waals surface area contributed by atoms with E-state index in [1.165, 1.54) is 16.8 Å². The number of anilines is 1. The second-order valence-electron chi connectivity index (χ2n) is 8.38. The van der Waals surface area contributed by atoms with Gasteiger partial charge in [0.25, 0.3) is 5.91 Å². The maximum atomic E-state index is 12.0. The van der Waals surface area contributed by atoms with Crippen molar-refractivity contribution >= 4 is 46.6 Å². The molecule has 164 valence electrons. The molecule has 1 N–H and O–H groups in total. The van der Waals surface area contributed by atoms with E-state index in [-0.39, 0.29) is 18.1 Å². The standard InChI is InChI=1S/C24H27Cl2N3O2/c1-15(2)29-21-8-6-17(10-19(21)16(3)12-24(29,4)5)13-27-28-23(30)14-31-22-9-7-18(25)11-20(22)26/h6-13,15H,14H2,1-5H3,(H,28,30)/b27-13+. The summed E-state index contributed by atoms with van der Waals surface area (Å²) in [5.41, 5.74) is 6.92. The van der Waals surface area contributed by atoms with E-state index in [0.717, 1.165) is 5.56 Å². The predicted octanol–water partition coefficient (Wildman–Crippen LogP) is 5.93. The Kier molecular flexibility index (Phi) is 6.97. The SMILES string of the molecule is CC1=CC(C)(C)N(C(C)C)c2ccc(/C=N/NC(=O)COc3ccc(Cl)cc3Cl)cc21. The molecule has 31 heavy (non-hydrogen) atoms.